The highest BCUT2D eigenvalue weighted by atomic mass is 16.5. The van der Waals surface area contributed by atoms with Gasteiger partial charge < -0.3 is 19.6 Å². The predicted molar refractivity (Wildman–Crippen MR) is 114 cm³/mol. The molecule has 0 spiro atoms. The molecule has 7 nitrogen and oxygen atoms in total. The van der Waals surface area contributed by atoms with Crippen molar-refractivity contribution in [2.45, 2.75) is 13.3 Å². The highest BCUT2D eigenvalue weighted by Crippen LogP contribution is 2.30. The molecule has 0 saturated carbocycles. The minimum absolute atomic E-state index is 0.186. The number of H-pyrrole nitrogens is 1. The standard InChI is InChI=1S/C23H21N3O4/c1-13-4-7-19(27)15(8-13)17-6-5-14(12-24-17)9-22-25-18-11-21(30-3)20(29-2)10-16(18)23(28)26-22/h4-8,10-12,27H,9H2,1-3H3,(H,25,26,28). The summed E-state index contributed by atoms with van der Waals surface area (Å²) >= 11 is 0. The Balaban J connectivity index is 1.65. The Morgan fingerprint density at radius 2 is 1.80 bits per heavy atom. The minimum Gasteiger partial charge on any atom is -0.507 e. The van der Waals surface area contributed by atoms with Crippen molar-refractivity contribution in [3.63, 3.8) is 0 Å². The van der Waals surface area contributed by atoms with Crippen LogP contribution in [-0.4, -0.2) is 34.3 Å². The molecule has 4 aromatic rings. The number of phenolic OH excluding ortho intramolecular Hbond substituents is 1. The average Bonchev–Trinajstić information content (AvgIpc) is 2.75. The van der Waals surface area contributed by atoms with E-state index in [0.717, 1.165) is 11.1 Å². The van der Waals surface area contributed by atoms with Crippen LogP contribution < -0.4 is 15.0 Å². The number of aromatic amines is 1. The van der Waals surface area contributed by atoms with E-state index in [1.807, 2.05) is 31.2 Å². The summed E-state index contributed by atoms with van der Waals surface area (Å²) in [4.78, 5) is 24.4. The molecule has 2 aromatic carbocycles. The van der Waals surface area contributed by atoms with E-state index in [-0.39, 0.29) is 11.3 Å². The van der Waals surface area contributed by atoms with Crippen LogP contribution >= 0.6 is 0 Å². The number of ether oxygens (including phenoxy) is 2. The van der Waals surface area contributed by atoms with E-state index in [1.165, 1.54) is 14.2 Å². The van der Waals surface area contributed by atoms with E-state index < -0.39 is 0 Å². The second kappa shape index (κ2) is 7.87. The molecule has 152 valence electrons. The van der Waals surface area contributed by atoms with Gasteiger partial charge in [-0.05, 0) is 36.8 Å². The van der Waals surface area contributed by atoms with Crippen molar-refractivity contribution in [2.24, 2.45) is 0 Å². The fraction of sp³-hybridized carbons (Fsp3) is 0.174. The van der Waals surface area contributed by atoms with Gasteiger partial charge in [0, 0.05) is 24.2 Å². The Morgan fingerprint density at radius 1 is 1.03 bits per heavy atom. The molecule has 0 bridgehead atoms. The molecule has 0 aliphatic carbocycles. The smallest absolute Gasteiger partial charge is 0.258 e. The first-order valence-electron chi connectivity index (χ1n) is 9.38. The number of aromatic hydroxyl groups is 1. The zero-order valence-electron chi connectivity index (χ0n) is 16.9. The van der Waals surface area contributed by atoms with E-state index >= 15 is 0 Å². The lowest BCUT2D eigenvalue weighted by Gasteiger charge is -2.10. The Kier molecular flexibility index (Phi) is 5.10. The fourth-order valence-electron chi connectivity index (χ4n) is 3.33. The summed E-state index contributed by atoms with van der Waals surface area (Å²) in [6.07, 6.45) is 2.13. The van der Waals surface area contributed by atoms with Crippen molar-refractivity contribution in [1.29, 1.82) is 0 Å². The number of pyridine rings is 1. The molecule has 2 N–H and O–H groups in total. The summed E-state index contributed by atoms with van der Waals surface area (Å²) in [6, 6.07) is 12.5. The second-order valence-electron chi connectivity index (χ2n) is 6.99. The van der Waals surface area contributed by atoms with Crippen LogP contribution in [0.4, 0.5) is 0 Å². The van der Waals surface area contributed by atoms with Gasteiger partial charge >= 0.3 is 0 Å². The van der Waals surface area contributed by atoms with Crippen LogP contribution in [0.1, 0.15) is 17.0 Å². The van der Waals surface area contributed by atoms with Gasteiger partial charge in [0.15, 0.2) is 11.5 Å². The summed E-state index contributed by atoms with van der Waals surface area (Å²) in [7, 11) is 3.06. The zero-order chi connectivity index (χ0) is 21.3. The molecule has 0 radical (unpaired) electrons. The van der Waals surface area contributed by atoms with Gasteiger partial charge in [0.1, 0.15) is 11.6 Å². The molecule has 2 heterocycles. The summed E-state index contributed by atoms with van der Waals surface area (Å²) < 4.78 is 10.6. The largest absolute Gasteiger partial charge is 0.507 e. The summed E-state index contributed by atoms with van der Waals surface area (Å²) in [6.45, 7) is 1.96. The number of benzene rings is 2. The van der Waals surface area contributed by atoms with Gasteiger partial charge in [0.05, 0.1) is 30.8 Å². The van der Waals surface area contributed by atoms with Gasteiger partial charge in [-0.2, -0.15) is 0 Å². The predicted octanol–water partition coefficient (Wildman–Crippen LogP) is 3.61. The van der Waals surface area contributed by atoms with Gasteiger partial charge in [0.25, 0.3) is 5.56 Å². The maximum absolute atomic E-state index is 12.5. The number of phenols is 1. The number of hydrogen-bond acceptors (Lipinski definition) is 6. The Morgan fingerprint density at radius 3 is 2.50 bits per heavy atom. The van der Waals surface area contributed by atoms with Crippen molar-refractivity contribution in [3.05, 3.63) is 76.0 Å². The lowest BCUT2D eigenvalue weighted by Crippen LogP contribution is -2.12. The highest BCUT2D eigenvalue weighted by Gasteiger charge is 2.12. The third-order valence-corrected chi connectivity index (χ3v) is 4.88. The fourth-order valence-corrected chi connectivity index (χ4v) is 3.33. The first kappa shape index (κ1) is 19.4. The van der Waals surface area contributed by atoms with Crippen molar-refractivity contribution in [2.75, 3.05) is 14.2 Å². The van der Waals surface area contributed by atoms with E-state index in [1.54, 1.807) is 24.4 Å². The molecule has 7 heteroatoms. The molecule has 0 atom stereocenters. The van der Waals surface area contributed by atoms with Crippen LogP contribution in [-0.2, 0) is 6.42 Å². The van der Waals surface area contributed by atoms with Crippen molar-refractivity contribution < 1.29 is 14.6 Å². The molecule has 0 saturated heterocycles. The molecule has 0 fully saturated rings. The third-order valence-electron chi connectivity index (χ3n) is 4.88. The number of nitrogens with one attached hydrogen (secondary N) is 1. The molecule has 30 heavy (non-hydrogen) atoms. The third kappa shape index (κ3) is 3.69. The Labute approximate surface area is 173 Å². The number of aromatic nitrogens is 3. The molecular formula is C23H21N3O4. The molecule has 0 amide bonds. The van der Waals surface area contributed by atoms with Gasteiger partial charge in [-0.3, -0.25) is 9.78 Å². The number of methoxy groups -OCH3 is 2. The van der Waals surface area contributed by atoms with E-state index in [0.29, 0.717) is 45.9 Å². The number of nitrogens with zero attached hydrogens (tertiary/aromatic N) is 2. The molecule has 0 aliphatic heterocycles. The van der Waals surface area contributed by atoms with Gasteiger partial charge in [-0.1, -0.05) is 17.7 Å². The molecule has 0 unspecified atom stereocenters. The van der Waals surface area contributed by atoms with E-state index in [4.69, 9.17) is 9.47 Å². The zero-order valence-corrected chi connectivity index (χ0v) is 16.9. The van der Waals surface area contributed by atoms with Crippen molar-refractivity contribution in [3.8, 4) is 28.5 Å². The van der Waals surface area contributed by atoms with E-state index in [9.17, 15) is 9.90 Å². The van der Waals surface area contributed by atoms with Crippen molar-refractivity contribution in [1.82, 2.24) is 15.0 Å². The quantitative estimate of drug-likeness (QED) is 0.528. The Hall–Kier alpha value is -3.87. The minimum atomic E-state index is -0.245. The van der Waals surface area contributed by atoms with Gasteiger partial charge in [0.2, 0.25) is 0 Å². The van der Waals surface area contributed by atoms with Gasteiger partial charge in [-0.15, -0.1) is 0 Å². The number of rotatable bonds is 5. The lowest BCUT2D eigenvalue weighted by molar-refractivity contribution is 0.355. The summed E-state index contributed by atoms with van der Waals surface area (Å²) in [5.41, 5.74) is 3.56. The monoisotopic (exact) mass is 403 g/mol. The van der Waals surface area contributed by atoms with Crippen LogP contribution in [0, 0.1) is 6.92 Å². The van der Waals surface area contributed by atoms with E-state index in [2.05, 4.69) is 15.0 Å². The normalized spacial score (nSPS) is 10.9. The highest BCUT2D eigenvalue weighted by molar-refractivity contribution is 5.81. The van der Waals surface area contributed by atoms with Crippen LogP contribution in [0.3, 0.4) is 0 Å². The number of fused-ring (bicyclic) bond motifs is 1. The van der Waals surface area contributed by atoms with Crippen LogP contribution in [0.25, 0.3) is 22.2 Å². The first-order valence-corrected chi connectivity index (χ1v) is 9.38. The Bertz CT molecular complexity index is 1280. The molecular weight excluding hydrogens is 382 g/mol. The number of hydrogen-bond donors (Lipinski definition) is 2. The van der Waals surface area contributed by atoms with Crippen LogP contribution in [0.5, 0.6) is 17.2 Å². The maximum atomic E-state index is 12.5. The lowest BCUT2D eigenvalue weighted by atomic mass is 10.1. The topological polar surface area (TPSA) is 97.3 Å². The van der Waals surface area contributed by atoms with Crippen LogP contribution in [0.15, 0.2) is 53.5 Å². The molecule has 2 aromatic heterocycles. The van der Waals surface area contributed by atoms with Crippen molar-refractivity contribution >= 4 is 10.9 Å². The summed E-state index contributed by atoms with van der Waals surface area (Å²) in [5.74, 6) is 1.70. The molecule has 4 rings (SSSR count). The number of aryl methyl sites for hydroxylation is 1. The van der Waals surface area contributed by atoms with Gasteiger partial charge in [-0.25, -0.2) is 4.98 Å². The SMILES string of the molecule is COc1cc2nc(Cc3ccc(-c4cc(C)ccc4O)nc3)[nH]c(=O)c2cc1OC. The maximum Gasteiger partial charge on any atom is 0.258 e. The average molecular weight is 403 g/mol. The molecule has 0 aliphatic rings. The first-order chi connectivity index (χ1) is 14.5. The van der Waals surface area contributed by atoms with Crippen LogP contribution in [0.2, 0.25) is 0 Å². The summed E-state index contributed by atoms with van der Waals surface area (Å²) in [5, 5.41) is 10.5. The second-order valence-corrected chi connectivity index (χ2v) is 6.99.